The second-order valence-corrected chi connectivity index (χ2v) is 7.67. The number of hydrogen-bond acceptors (Lipinski definition) is 5. The maximum atomic E-state index is 12.4. The van der Waals surface area contributed by atoms with Crippen LogP contribution in [-0.4, -0.2) is 45.5 Å². The Kier molecular flexibility index (Phi) is 3.56. The summed E-state index contributed by atoms with van der Waals surface area (Å²) in [6.07, 6.45) is 6.22. The topological polar surface area (TPSA) is 55.6 Å². The van der Waals surface area contributed by atoms with Crippen LogP contribution in [0, 0.1) is 6.92 Å². The number of furan rings is 1. The highest BCUT2D eigenvalue weighted by Gasteiger charge is 2.51. The molecule has 0 aromatic carbocycles. The van der Waals surface area contributed by atoms with Crippen LogP contribution in [0.4, 0.5) is 0 Å². The minimum absolute atomic E-state index is 0.0686. The highest BCUT2D eigenvalue weighted by Crippen LogP contribution is 2.46. The van der Waals surface area contributed by atoms with Gasteiger partial charge in [0.2, 0.25) is 0 Å². The molecule has 5 nitrogen and oxygen atoms in total. The van der Waals surface area contributed by atoms with Crippen LogP contribution < -0.4 is 4.74 Å². The molecule has 2 aromatic heterocycles. The lowest BCUT2D eigenvalue weighted by Crippen LogP contribution is -2.60. The molecule has 4 rings (SSSR count). The van der Waals surface area contributed by atoms with Crippen molar-refractivity contribution in [2.75, 3.05) is 18.8 Å². The minimum atomic E-state index is 0.0686. The van der Waals surface area contributed by atoms with Crippen LogP contribution in [0.15, 0.2) is 41.3 Å². The largest absolute Gasteiger partial charge is 0.488 e. The van der Waals surface area contributed by atoms with Crippen molar-refractivity contribution in [3.05, 3.63) is 48.2 Å². The first-order chi connectivity index (χ1) is 11.2. The average Bonchev–Trinajstić information content (AvgIpc) is 3.13. The highest BCUT2D eigenvalue weighted by molar-refractivity contribution is 8.01. The van der Waals surface area contributed by atoms with Crippen LogP contribution in [0.2, 0.25) is 0 Å². The normalized spacial score (nSPS) is 22.1. The van der Waals surface area contributed by atoms with Crippen LogP contribution in [0.5, 0.6) is 5.75 Å². The maximum Gasteiger partial charge on any atom is 0.257 e. The summed E-state index contributed by atoms with van der Waals surface area (Å²) in [7, 11) is 0. The summed E-state index contributed by atoms with van der Waals surface area (Å²) in [6, 6.07) is 5.56. The van der Waals surface area contributed by atoms with Gasteiger partial charge < -0.3 is 14.1 Å². The van der Waals surface area contributed by atoms with Crippen molar-refractivity contribution in [1.82, 2.24) is 9.88 Å². The van der Waals surface area contributed by atoms with Gasteiger partial charge >= 0.3 is 0 Å². The second kappa shape index (κ2) is 5.60. The van der Waals surface area contributed by atoms with Crippen LogP contribution >= 0.6 is 11.8 Å². The smallest absolute Gasteiger partial charge is 0.257 e. The van der Waals surface area contributed by atoms with Gasteiger partial charge in [-0.05, 0) is 25.1 Å². The summed E-state index contributed by atoms with van der Waals surface area (Å²) >= 11 is 1.92. The predicted molar refractivity (Wildman–Crippen MR) is 87.8 cm³/mol. The lowest BCUT2D eigenvalue weighted by Gasteiger charge is -2.47. The van der Waals surface area contributed by atoms with E-state index in [1.54, 1.807) is 24.7 Å². The first-order valence-electron chi connectivity index (χ1n) is 7.69. The lowest BCUT2D eigenvalue weighted by molar-refractivity contribution is 0.0516. The third-order valence-corrected chi connectivity index (χ3v) is 6.02. The summed E-state index contributed by atoms with van der Waals surface area (Å²) in [5.74, 6) is 2.53. The molecule has 2 aliphatic heterocycles. The van der Waals surface area contributed by atoms with E-state index < -0.39 is 0 Å². The molecule has 0 N–H and O–H groups in total. The van der Waals surface area contributed by atoms with Crippen molar-refractivity contribution in [2.24, 2.45) is 0 Å². The molecule has 4 heterocycles. The third-order valence-electron chi connectivity index (χ3n) is 4.45. The van der Waals surface area contributed by atoms with Crippen LogP contribution in [-0.2, 0) is 0 Å². The highest BCUT2D eigenvalue weighted by atomic mass is 32.2. The fourth-order valence-corrected chi connectivity index (χ4v) is 4.80. The van der Waals surface area contributed by atoms with Gasteiger partial charge in [0.25, 0.3) is 5.91 Å². The molecule has 2 aliphatic rings. The Morgan fingerprint density at radius 3 is 3.04 bits per heavy atom. The number of likely N-dealkylation sites (tertiary alicyclic amines) is 1. The summed E-state index contributed by atoms with van der Waals surface area (Å²) < 4.78 is 11.4. The number of pyridine rings is 1. The first-order valence-corrected chi connectivity index (χ1v) is 8.68. The van der Waals surface area contributed by atoms with Crippen molar-refractivity contribution in [2.45, 2.75) is 24.2 Å². The zero-order chi connectivity index (χ0) is 15.9. The molecule has 0 radical (unpaired) electrons. The average molecular weight is 330 g/mol. The van der Waals surface area contributed by atoms with Crippen molar-refractivity contribution in [1.29, 1.82) is 0 Å². The molecule has 2 saturated heterocycles. The fourth-order valence-electron chi connectivity index (χ4n) is 3.28. The number of nitrogens with zero attached hydrogens (tertiary/aromatic N) is 2. The van der Waals surface area contributed by atoms with E-state index in [1.807, 2.05) is 35.7 Å². The molecular weight excluding hydrogens is 312 g/mol. The summed E-state index contributed by atoms with van der Waals surface area (Å²) in [5, 5.41) is 0. The Labute approximate surface area is 139 Å². The van der Waals surface area contributed by atoms with Crippen molar-refractivity contribution in [3.63, 3.8) is 0 Å². The number of thioether (sulfide) groups is 1. The number of aromatic nitrogens is 1. The molecule has 0 aliphatic carbocycles. The van der Waals surface area contributed by atoms with E-state index in [0.29, 0.717) is 11.3 Å². The Bertz CT molecular complexity index is 710. The number of amides is 1. The van der Waals surface area contributed by atoms with Gasteiger partial charge in [-0.15, -0.1) is 11.8 Å². The van der Waals surface area contributed by atoms with Gasteiger partial charge in [0, 0.05) is 31.5 Å². The molecule has 1 amide bonds. The van der Waals surface area contributed by atoms with E-state index in [9.17, 15) is 4.79 Å². The van der Waals surface area contributed by atoms with E-state index >= 15 is 0 Å². The van der Waals surface area contributed by atoms with Crippen LogP contribution in [0.25, 0.3) is 0 Å². The van der Waals surface area contributed by atoms with Gasteiger partial charge in [-0.3, -0.25) is 9.78 Å². The van der Waals surface area contributed by atoms with Gasteiger partial charge in [0.05, 0.1) is 22.8 Å². The van der Waals surface area contributed by atoms with E-state index in [0.717, 1.165) is 31.0 Å². The number of ether oxygens (including phenoxy) is 1. The molecule has 1 atom stereocenters. The first kappa shape index (κ1) is 14.6. The quantitative estimate of drug-likeness (QED) is 0.866. The van der Waals surface area contributed by atoms with E-state index in [4.69, 9.17) is 9.15 Å². The zero-order valence-electron chi connectivity index (χ0n) is 12.9. The van der Waals surface area contributed by atoms with Crippen molar-refractivity contribution >= 4 is 17.7 Å². The number of aryl methyl sites for hydroxylation is 1. The molecule has 0 bridgehead atoms. The maximum absolute atomic E-state index is 12.4. The Hall–Kier alpha value is -1.95. The summed E-state index contributed by atoms with van der Waals surface area (Å²) in [6.45, 7) is 3.40. The van der Waals surface area contributed by atoms with Gasteiger partial charge in [-0.1, -0.05) is 0 Å². The number of carbonyl (C=O) groups is 1. The zero-order valence-corrected chi connectivity index (χ0v) is 13.7. The third kappa shape index (κ3) is 2.72. The number of carbonyl (C=O) groups excluding carboxylic acids is 1. The van der Waals surface area contributed by atoms with Gasteiger partial charge in [0.15, 0.2) is 0 Å². The minimum Gasteiger partial charge on any atom is -0.488 e. The summed E-state index contributed by atoms with van der Waals surface area (Å²) in [5.41, 5.74) is 0.672. The van der Waals surface area contributed by atoms with Gasteiger partial charge in [-0.2, -0.15) is 0 Å². The van der Waals surface area contributed by atoms with Crippen molar-refractivity contribution < 1.29 is 13.9 Å². The molecule has 6 heteroatoms. The monoisotopic (exact) mass is 330 g/mol. The SMILES string of the molecule is Cc1occc1C(=O)N1CC2(C[C@@H](Oc3cccnc3)CS2)C1. The molecule has 2 fully saturated rings. The molecular formula is C17H18N2O3S. The molecule has 0 saturated carbocycles. The van der Waals surface area contributed by atoms with Crippen molar-refractivity contribution in [3.8, 4) is 5.75 Å². The molecule has 2 aromatic rings. The Morgan fingerprint density at radius 2 is 2.35 bits per heavy atom. The van der Waals surface area contributed by atoms with Crippen LogP contribution in [0.3, 0.4) is 0 Å². The molecule has 1 spiro atoms. The standard InChI is InChI=1S/C17H18N2O3S/c1-12-15(4-6-21-12)16(20)19-10-17(11-19)7-14(9-23-17)22-13-3-2-5-18-8-13/h2-6,8,14H,7,9-11H2,1H3/t14-/m1/s1. The predicted octanol–water partition coefficient (Wildman–Crippen LogP) is 2.76. The second-order valence-electron chi connectivity index (χ2n) is 6.18. The Balaban J connectivity index is 1.35. The molecule has 0 unspecified atom stereocenters. The fraction of sp³-hybridized carbons (Fsp3) is 0.412. The Morgan fingerprint density at radius 1 is 1.48 bits per heavy atom. The molecule has 120 valence electrons. The van der Waals surface area contributed by atoms with E-state index in [1.165, 1.54) is 0 Å². The number of rotatable bonds is 3. The van der Waals surface area contributed by atoms with Gasteiger partial charge in [-0.25, -0.2) is 0 Å². The van der Waals surface area contributed by atoms with Crippen LogP contribution in [0.1, 0.15) is 22.5 Å². The summed E-state index contributed by atoms with van der Waals surface area (Å²) in [4.78, 5) is 18.4. The lowest BCUT2D eigenvalue weighted by atomic mass is 9.92. The van der Waals surface area contributed by atoms with E-state index in [-0.39, 0.29) is 16.8 Å². The van der Waals surface area contributed by atoms with Gasteiger partial charge in [0.1, 0.15) is 17.6 Å². The number of hydrogen-bond donors (Lipinski definition) is 0. The molecule has 23 heavy (non-hydrogen) atoms. The van der Waals surface area contributed by atoms with E-state index in [2.05, 4.69) is 4.98 Å².